The summed E-state index contributed by atoms with van der Waals surface area (Å²) in [5.41, 5.74) is 1.56. The number of rotatable bonds is 2. The number of halogens is 1. The van der Waals surface area contributed by atoms with Crippen molar-refractivity contribution in [3.8, 4) is 0 Å². The molecule has 0 atom stereocenters. The van der Waals surface area contributed by atoms with E-state index < -0.39 is 5.97 Å². The molecule has 0 amide bonds. The van der Waals surface area contributed by atoms with Gasteiger partial charge >= 0.3 is 5.97 Å². The molecule has 1 aliphatic heterocycles. The Morgan fingerprint density at radius 2 is 2.00 bits per heavy atom. The summed E-state index contributed by atoms with van der Waals surface area (Å²) in [6.07, 6.45) is 2.20. The van der Waals surface area contributed by atoms with Crippen LogP contribution in [0.2, 0.25) is 0 Å². The minimum Gasteiger partial charge on any atom is -0.478 e. The SMILES string of the molecule is Cl.O=C(O)c1cccc(C2CCNCC2)c1. The van der Waals surface area contributed by atoms with Gasteiger partial charge in [0.05, 0.1) is 5.56 Å². The molecule has 0 aliphatic carbocycles. The lowest BCUT2D eigenvalue weighted by atomic mass is 9.89. The highest BCUT2D eigenvalue weighted by molar-refractivity contribution is 5.87. The third-order valence-electron chi connectivity index (χ3n) is 2.94. The second-order valence-electron chi connectivity index (χ2n) is 3.95. The fraction of sp³-hybridized carbons (Fsp3) is 0.417. The number of benzene rings is 1. The van der Waals surface area contributed by atoms with Crippen LogP contribution in [0.1, 0.15) is 34.7 Å². The molecule has 1 heterocycles. The molecule has 0 bridgehead atoms. The maximum Gasteiger partial charge on any atom is 0.335 e. The maximum absolute atomic E-state index is 10.8. The molecule has 3 nitrogen and oxygen atoms in total. The van der Waals surface area contributed by atoms with Gasteiger partial charge in [0.15, 0.2) is 0 Å². The highest BCUT2D eigenvalue weighted by Crippen LogP contribution is 2.25. The van der Waals surface area contributed by atoms with E-state index in [1.54, 1.807) is 12.1 Å². The van der Waals surface area contributed by atoms with E-state index in [1.165, 1.54) is 0 Å². The molecule has 2 rings (SSSR count). The van der Waals surface area contributed by atoms with E-state index >= 15 is 0 Å². The molecule has 2 N–H and O–H groups in total. The molecule has 0 unspecified atom stereocenters. The van der Waals surface area contributed by atoms with E-state index in [1.807, 2.05) is 12.1 Å². The number of carbonyl (C=O) groups is 1. The third-order valence-corrected chi connectivity index (χ3v) is 2.94. The summed E-state index contributed by atoms with van der Waals surface area (Å²) in [4.78, 5) is 10.8. The summed E-state index contributed by atoms with van der Waals surface area (Å²) in [7, 11) is 0. The zero-order chi connectivity index (χ0) is 10.7. The van der Waals surface area contributed by atoms with Gasteiger partial charge in [-0.2, -0.15) is 0 Å². The molecule has 1 fully saturated rings. The van der Waals surface area contributed by atoms with Crippen LogP contribution in [-0.4, -0.2) is 24.2 Å². The average Bonchev–Trinajstić information content (AvgIpc) is 2.30. The Hall–Kier alpha value is -1.06. The summed E-state index contributed by atoms with van der Waals surface area (Å²) >= 11 is 0. The van der Waals surface area contributed by atoms with Crippen molar-refractivity contribution in [1.82, 2.24) is 5.32 Å². The van der Waals surface area contributed by atoms with Crippen LogP contribution in [0.3, 0.4) is 0 Å². The predicted octanol–water partition coefficient (Wildman–Crippen LogP) is 2.27. The van der Waals surface area contributed by atoms with Crippen molar-refractivity contribution in [3.63, 3.8) is 0 Å². The van der Waals surface area contributed by atoms with E-state index in [-0.39, 0.29) is 12.4 Å². The number of carboxylic acid groups (broad SMARTS) is 1. The first kappa shape index (κ1) is 13.0. The van der Waals surface area contributed by atoms with Crippen LogP contribution < -0.4 is 5.32 Å². The Kier molecular flexibility index (Phi) is 4.77. The summed E-state index contributed by atoms with van der Waals surface area (Å²) in [5.74, 6) is -0.323. The largest absolute Gasteiger partial charge is 0.478 e. The first-order valence-electron chi connectivity index (χ1n) is 5.31. The molecule has 16 heavy (non-hydrogen) atoms. The van der Waals surface area contributed by atoms with Crippen LogP contribution >= 0.6 is 12.4 Å². The normalized spacial score (nSPS) is 16.5. The van der Waals surface area contributed by atoms with Crippen molar-refractivity contribution >= 4 is 18.4 Å². The predicted molar refractivity (Wildman–Crippen MR) is 65.5 cm³/mol. The van der Waals surface area contributed by atoms with Gasteiger partial charge in [-0.25, -0.2) is 4.79 Å². The fourth-order valence-electron chi connectivity index (χ4n) is 2.08. The van der Waals surface area contributed by atoms with Crippen molar-refractivity contribution in [1.29, 1.82) is 0 Å². The van der Waals surface area contributed by atoms with Crippen LogP contribution in [-0.2, 0) is 0 Å². The van der Waals surface area contributed by atoms with E-state index in [4.69, 9.17) is 5.11 Å². The lowest BCUT2D eigenvalue weighted by Gasteiger charge is -2.23. The lowest BCUT2D eigenvalue weighted by molar-refractivity contribution is 0.0696. The Balaban J connectivity index is 0.00000128. The van der Waals surface area contributed by atoms with Crippen LogP contribution in [0.15, 0.2) is 24.3 Å². The molecule has 88 valence electrons. The van der Waals surface area contributed by atoms with Crippen molar-refractivity contribution in [2.75, 3.05) is 13.1 Å². The Morgan fingerprint density at radius 3 is 2.62 bits per heavy atom. The van der Waals surface area contributed by atoms with E-state index in [0.29, 0.717) is 11.5 Å². The minimum absolute atomic E-state index is 0. The van der Waals surface area contributed by atoms with Gasteiger partial charge in [0.2, 0.25) is 0 Å². The van der Waals surface area contributed by atoms with Crippen LogP contribution in [0.4, 0.5) is 0 Å². The van der Waals surface area contributed by atoms with Gasteiger partial charge < -0.3 is 10.4 Å². The van der Waals surface area contributed by atoms with Crippen molar-refractivity contribution in [2.45, 2.75) is 18.8 Å². The number of hydrogen-bond donors (Lipinski definition) is 2. The molecule has 1 aromatic carbocycles. The Labute approximate surface area is 101 Å². The molecule has 0 radical (unpaired) electrons. The number of aromatic carboxylic acids is 1. The standard InChI is InChI=1S/C12H15NO2.ClH/c14-12(15)11-3-1-2-10(8-11)9-4-6-13-7-5-9;/h1-3,8-9,13H,4-7H2,(H,14,15);1H. The third kappa shape index (κ3) is 2.97. The second-order valence-corrected chi connectivity index (χ2v) is 3.95. The van der Waals surface area contributed by atoms with Gasteiger partial charge in [-0.3, -0.25) is 0 Å². The smallest absolute Gasteiger partial charge is 0.335 e. The number of hydrogen-bond acceptors (Lipinski definition) is 2. The molecule has 0 saturated carbocycles. The van der Waals surface area contributed by atoms with Gasteiger partial charge in [-0.1, -0.05) is 12.1 Å². The van der Waals surface area contributed by atoms with Crippen LogP contribution in [0.25, 0.3) is 0 Å². The van der Waals surface area contributed by atoms with E-state index in [0.717, 1.165) is 31.5 Å². The molecule has 1 saturated heterocycles. The van der Waals surface area contributed by atoms with E-state index in [2.05, 4.69) is 5.32 Å². The van der Waals surface area contributed by atoms with Crippen LogP contribution in [0, 0.1) is 0 Å². The first-order valence-corrected chi connectivity index (χ1v) is 5.31. The summed E-state index contributed by atoms with van der Waals surface area (Å²) in [6, 6.07) is 7.31. The Bertz CT molecular complexity index is 362. The zero-order valence-corrected chi connectivity index (χ0v) is 9.80. The first-order chi connectivity index (χ1) is 7.27. The summed E-state index contributed by atoms with van der Waals surface area (Å²) in [5, 5.41) is 12.2. The summed E-state index contributed by atoms with van der Waals surface area (Å²) in [6.45, 7) is 2.06. The number of carboxylic acids is 1. The highest BCUT2D eigenvalue weighted by Gasteiger charge is 2.15. The molecular weight excluding hydrogens is 226 g/mol. The Morgan fingerprint density at radius 1 is 1.31 bits per heavy atom. The molecular formula is C12H16ClNO2. The molecule has 1 aliphatic rings. The zero-order valence-electron chi connectivity index (χ0n) is 8.98. The molecule has 1 aromatic rings. The van der Waals surface area contributed by atoms with Crippen molar-refractivity contribution < 1.29 is 9.90 Å². The molecule has 0 spiro atoms. The quantitative estimate of drug-likeness (QED) is 0.835. The fourth-order valence-corrected chi connectivity index (χ4v) is 2.08. The topological polar surface area (TPSA) is 49.3 Å². The minimum atomic E-state index is -0.842. The van der Waals surface area contributed by atoms with Gasteiger partial charge in [0, 0.05) is 0 Å². The summed E-state index contributed by atoms with van der Waals surface area (Å²) < 4.78 is 0. The number of nitrogens with one attached hydrogen (secondary N) is 1. The van der Waals surface area contributed by atoms with Gasteiger partial charge in [-0.05, 0) is 49.5 Å². The van der Waals surface area contributed by atoms with Crippen LogP contribution in [0.5, 0.6) is 0 Å². The van der Waals surface area contributed by atoms with Gasteiger partial charge in [0.1, 0.15) is 0 Å². The monoisotopic (exact) mass is 241 g/mol. The second kappa shape index (κ2) is 5.87. The maximum atomic E-state index is 10.8. The van der Waals surface area contributed by atoms with Crippen molar-refractivity contribution in [3.05, 3.63) is 35.4 Å². The highest BCUT2D eigenvalue weighted by atomic mass is 35.5. The molecule has 4 heteroatoms. The average molecular weight is 242 g/mol. The van der Waals surface area contributed by atoms with Crippen molar-refractivity contribution in [2.24, 2.45) is 0 Å². The van der Waals surface area contributed by atoms with Gasteiger partial charge in [0.25, 0.3) is 0 Å². The van der Waals surface area contributed by atoms with Gasteiger partial charge in [-0.15, -0.1) is 12.4 Å². The number of piperidine rings is 1. The van der Waals surface area contributed by atoms with E-state index in [9.17, 15) is 4.79 Å². The molecule has 0 aromatic heterocycles. The lowest BCUT2D eigenvalue weighted by Crippen LogP contribution is -2.26.